The van der Waals surface area contributed by atoms with Gasteiger partial charge in [-0.1, -0.05) is 97.1 Å². The van der Waals surface area contributed by atoms with Crippen LogP contribution < -0.4 is 0 Å². The number of aromatic nitrogens is 6. The average molecular weight is 767 g/mol. The van der Waals surface area contributed by atoms with Gasteiger partial charge in [-0.3, -0.25) is 9.97 Å². The number of pyridine rings is 2. The van der Waals surface area contributed by atoms with Crippen LogP contribution in [0.1, 0.15) is 0 Å². The van der Waals surface area contributed by atoms with Gasteiger partial charge in [-0.15, -0.1) is 0 Å². The maximum Gasteiger partial charge on any atom is 0.115 e. The lowest BCUT2D eigenvalue weighted by molar-refractivity contribution is 1.17. The summed E-state index contributed by atoms with van der Waals surface area (Å²) in [7, 11) is 0. The van der Waals surface area contributed by atoms with E-state index in [4.69, 9.17) is 0 Å². The minimum atomic E-state index is 0.926. The molecule has 0 aliphatic rings. The predicted molar refractivity (Wildman–Crippen MR) is 244 cm³/mol. The second kappa shape index (κ2) is 14.9. The Kier molecular flexibility index (Phi) is 8.71. The van der Waals surface area contributed by atoms with Crippen LogP contribution in [0.2, 0.25) is 0 Å². The van der Waals surface area contributed by atoms with E-state index >= 15 is 0 Å². The molecule has 0 aliphatic carbocycles. The first kappa shape index (κ1) is 35.0. The molecule has 0 atom stereocenters. The minimum Gasteiger partial charge on any atom is -0.263 e. The van der Waals surface area contributed by atoms with E-state index in [9.17, 15) is 0 Å². The van der Waals surface area contributed by atoms with Crippen molar-refractivity contribution in [3.8, 4) is 77.9 Å². The largest absolute Gasteiger partial charge is 0.263 e. The van der Waals surface area contributed by atoms with Gasteiger partial charge in [0.05, 0.1) is 0 Å². The van der Waals surface area contributed by atoms with E-state index < -0.39 is 0 Å². The fraction of sp³-hybridized carbons (Fsp3) is 0. The molecule has 0 N–H and O–H groups in total. The van der Waals surface area contributed by atoms with E-state index in [1.165, 1.54) is 32.3 Å². The summed E-state index contributed by atoms with van der Waals surface area (Å²) in [6.07, 6.45) is 17.9. The van der Waals surface area contributed by atoms with Crippen molar-refractivity contribution >= 4 is 32.3 Å². The van der Waals surface area contributed by atoms with E-state index in [-0.39, 0.29) is 0 Å². The van der Waals surface area contributed by atoms with E-state index in [2.05, 4.69) is 175 Å². The molecule has 6 heteroatoms. The van der Waals surface area contributed by atoms with Crippen LogP contribution in [0.5, 0.6) is 0 Å². The molecule has 7 aromatic carbocycles. The van der Waals surface area contributed by atoms with Gasteiger partial charge in [0.15, 0.2) is 0 Å². The third-order valence-corrected chi connectivity index (χ3v) is 11.3. The molecule has 6 nitrogen and oxygen atoms in total. The standard InChI is InChI=1S/C54H34N6/c1-2-13-51-49(11-1)50-12-3-4-14-52(50)54-24-39(15-16-53(51)54)42-20-40(35-7-5-9-37(17-35)43-22-45(27-55-25-43)47-29-57-33-58-30-47)19-41(21-42)36-8-6-10-38(18-36)44-23-46(28-56-26-44)48-31-59-34-60-32-48/h1-34H. The van der Waals surface area contributed by atoms with Crippen molar-refractivity contribution in [3.63, 3.8) is 0 Å². The van der Waals surface area contributed by atoms with Gasteiger partial charge in [0.25, 0.3) is 0 Å². The summed E-state index contributed by atoms with van der Waals surface area (Å²) in [4.78, 5) is 26.1. The second-order valence-electron chi connectivity index (χ2n) is 15.0. The van der Waals surface area contributed by atoms with E-state index in [1.54, 1.807) is 12.7 Å². The molecule has 0 fully saturated rings. The third-order valence-electron chi connectivity index (χ3n) is 11.3. The van der Waals surface area contributed by atoms with Gasteiger partial charge in [0.2, 0.25) is 0 Å². The molecule has 0 amide bonds. The Bertz CT molecular complexity index is 3200. The normalized spacial score (nSPS) is 11.3. The summed E-state index contributed by atoms with van der Waals surface area (Å²) in [5.74, 6) is 0. The van der Waals surface area contributed by atoms with Gasteiger partial charge in [0.1, 0.15) is 12.7 Å². The van der Waals surface area contributed by atoms with Crippen molar-refractivity contribution in [2.24, 2.45) is 0 Å². The smallest absolute Gasteiger partial charge is 0.115 e. The highest BCUT2D eigenvalue weighted by molar-refractivity contribution is 6.25. The van der Waals surface area contributed by atoms with Gasteiger partial charge in [-0.05, 0) is 125 Å². The topological polar surface area (TPSA) is 77.3 Å². The molecule has 0 saturated heterocycles. The summed E-state index contributed by atoms with van der Waals surface area (Å²) in [6, 6.07) is 53.1. The first-order valence-corrected chi connectivity index (χ1v) is 19.8. The molecule has 0 unspecified atom stereocenters. The van der Waals surface area contributed by atoms with Crippen LogP contribution in [-0.2, 0) is 0 Å². The van der Waals surface area contributed by atoms with Crippen molar-refractivity contribution in [2.45, 2.75) is 0 Å². The van der Waals surface area contributed by atoms with Crippen LogP contribution in [0, 0.1) is 0 Å². The van der Waals surface area contributed by atoms with Crippen LogP contribution in [0.25, 0.3) is 110 Å². The Morgan fingerprint density at radius 1 is 0.183 bits per heavy atom. The molecule has 60 heavy (non-hydrogen) atoms. The zero-order valence-electron chi connectivity index (χ0n) is 32.3. The van der Waals surface area contributed by atoms with Crippen molar-refractivity contribution in [1.82, 2.24) is 29.9 Å². The molecule has 11 rings (SSSR count). The second-order valence-corrected chi connectivity index (χ2v) is 15.0. The Labute approximate surface area is 346 Å². The molecule has 0 aliphatic heterocycles. The molecule has 0 radical (unpaired) electrons. The summed E-state index contributed by atoms with van der Waals surface area (Å²) in [5.41, 5.74) is 14.7. The van der Waals surface area contributed by atoms with Crippen LogP contribution in [0.4, 0.5) is 0 Å². The number of hydrogen-bond donors (Lipinski definition) is 0. The molecular weight excluding hydrogens is 733 g/mol. The number of hydrogen-bond acceptors (Lipinski definition) is 6. The zero-order valence-corrected chi connectivity index (χ0v) is 32.3. The Hall–Kier alpha value is -8.22. The highest BCUT2D eigenvalue weighted by Crippen LogP contribution is 2.40. The van der Waals surface area contributed by atoms with E-state index in [0.717, 1.165) is 77.9 Å². The monoisotopic (exact) mass is 766 g/mol. The van der Waals surface area contributed by atoms with Crippen LogP contribution >= 0.6 is 0 Å². The lowest BCUT2D eigenvalue weighted by Crippen LogP contribution is -1.90. The van der Waals surface area contributed by atoms with Crippen LogP contribution in [0.15, 0.2) is 208 Å². The van der Waals surface area contributed by atoms with Crippen molar-refractivity contribution < 1.29 is 0 Å². The predicted octanol–water partition coefficient (Wildman–Crippen LogP) is 13.2. The Balaban J connectivity index is 1.07. The fourth-order valence-electron chi connectivity index (χ4n) is 8.38. The number of rotatable bonds is 7. The van der Waals surface area contributed by atoms with Gasteiger partial charge >= 0.3 is 0 Å². The quantitative estimate of drug-likeness (QED) is 0.150. The van der Waals surface area contributed by atoms with Crippen LogP contribution in [-0.4, -0.2) is 29.9 Å². The molecule has 4 aromatic heterocycles. The molecule has 280 valence electrons. The SMILES string of the molecule is c1cc(-c2cncc(-c3cncnc3)c2)cc(-c2cc(-c3cccc(-c4cncc(-c5cncnc5)c4)c3)cc(-c3ccc4c5ccccc5c5ccccc5c4c3)c2)c1. The summed E-state index contributed by atoms with van der Waals surface area (Å²) >= 11 is 0. The van der Waals surface area contributed by atoms with Gasteiger partial charge in [-0.25, -0.2) is 19.9 Å². The maximum absolute atomic E-state index is 4.60. The highest BCUT2D eigenvalue weighted by atomic mass is 14.8. The number of nitrogens with zero attached hydrogens (tertiary/aromatic N) is 6. The zero-order chi connectivity index (χ0) is 39.8. The summed E-state index contributed by atoms with van der Waals surface area (Å²) < 4.78 is 0. The van der Waals surface area contributed by atoms with Gasteiger partial charge < -0.3 is 0 Å². The fourth-order valence-corrected chi connectivity index (χ4v) is 8.38. The number of fused-ring (bicyclic) bond motifs is 6. The lowest BCUT2D eigenvalue weighted by Gasteiger charge is -2.15. The van der Waals surface area contributed by atoms with Gasteiger partial charge in [0, 0.05) is 83.0 Å². The van der Waals surface area contributed by atoms with Crippen molar-refractivity contribution in [2.75, 3.05) is 0 Å². The highest BCUT2D eigenvalue weighted by Gasteiger charge is 2.14. The summed E-state index contributed by atoms with van der Waals surface area (Å²) in [5, 5.41) is 7.54. The molecular formula is C54H34N6. The Morgan fingerprint density at radius 2 is 0.483 bits per heavy atom. The minimum absolute atomic E-state index is 0.926. The maximum atomic E-state index is 4.60. The van der Waals surface area contributed by atoms with Crippen molar-refractivity contribution in [1.29, 1.82) is 0 Å². The lowest BCUT2D eigenvalue weighted by atomic mass is 9.89. The van der Waals surface area contributed by atoms with E-state index in [1.807, 2.05) is 49.6 Å². The van der Waals surface area contributed by atoms with Crippen molar-refractivity contribution in [3.05, 3.63) is 208 Å². The molecule has 4 heterocycles. The first-order chi connectivity index (χ1) is 29.7. The molecule has 0 spiro atoms. The third kappa shape index (κ3) is 6.52. The average Bonchev–Trinajstić information content (AvgIpc) is 3.34. The number of benzene rings is 7. The summed E-state index contributed by atoms with van der Waals surface area (Å²) in [6.45, 7) is 0. The molecule has 0 saturated carbocycles. The first-order valence-electron chi connectivity index (χ1n) is 19.8. The van der Waals surface area contributed by atoms with Gasteiger partial charge in [-0.2, -0.15) is 0 Å². The van der Waals surface area contributed by atoms with Crippen LogP contribution in [0.3, 0.4) is 0 Å². The molecule has 11 aromatic rings. The molecule has 0 bridgehead atoms. The van der Waals surface area contributed by atoms with E-state index in [0.29, 0.717) is 0 Å². The Morgan fingerprint density at radius 3 is 0.917 bits per heavy atom.